The molecule has 0 radical (unpaired) electrons. The highest BCUT2D eigenvalue weighted by molar-refractivity contribution is 6.33. The molecule has 1 aliphatic rings. The molecule has 0 bridgehead atoms. The Morgan fingerprint density at radius 2 is 1.97 bits per heavy atom. The van der Waals surface area contributed by atoms with Crippen LogP contribution in [-0.2, 0) is 14.4 Å². The first kappa shape index (κ1) is 19.8. The fourth-order valence-corrected chi connectivity index (χ4v) is 2.86. The maximum Gasteiger partial charge on any atom is 0.313 e. The summed E-state index contributed by atoms with van der Waals surface area (Å²) in [6.45, 7) is -0.603. The molecule has 29 heavy (non-hydrogen) atoms. The van der Waals surface area contributed by atoms with Gasteiger partial charge in [0, 0.05) is 6.07 Å². The van der Waals surface area contributed by atoms with Crippen molar-refractivity contribution in [1.29, 1.82) is 0 Å². The average Bonchev–Trinajstić information content (AvgIpc) is 2.95. The van der Waals surface area contributed by atoms with Gasteiger partial charge in [0.05, 0.1) is 15.6 Å². The fourth-order valence-electron chi connectivity index (χ4n) is 2.59. The van der Waals surface area contributed by atoms with Gasteiger partial charge in [-0.1, -0.05) is 29.8 Å². The van der Waals surface area contributed by atoms with Gasteiger partial charge in [-0.05, 0) is 29.8 Å². The SMILES string of the molecule is NC(=O)COc1c(Cl)cc(C=C2C(=O)NN(c3ccccc3)C2=O)cc1[N+](=O)[O-]. The van der Waals surface area contributed by atoms with E-state index >= 15 is 0 Å². The van der Waals surface area contributed by atoms with E-state index in [0.717, 1.165) is 11.1 Å². The van der Waals surface area contributed by atoms with Gasteiger partial charge < -0.3 is 10.5 Å². The minimum Gasteiger partial charge on any atom is -0.476 e. The number of halogens is 1. The summed E-state index contributed by atoms with van der Waals surface area (Å²) in [7, 11) is 0. The molecule has 11 heteroatoms. The Kier molecular flexibility index (Phi) is 5.46. The van der Waals surface area contributed by atoms with Crippen LogP contribution in [0.2, 0.25) is 5.02 Å². The van der Waals surface area contributed by atoms with Crippen LogP contribution in [-0.4, -0.2) is 29.3 Å². The largest absolute Gasteiger partial charge is 0.476 e. The van der Waals surface area contributed by atoms with E-state index in [1.54, 1.807) is 30.3 Å². The molecule has 1 fully saturated rings. The number of nitrogens with one attached hydrogen (secondary N) is 1. The van der Waals surface area contributed by atoms with Crippen LogP contribution in [0.3, 0.4) is 0 Å². The van der Waals surface area contributed by atoms with Crippen molar-refractivity contribution in [2.24, 2.45) is 5.73 Å². The summed E-state index contributed by atoms with van der Waals surface area (Å²) in [6, 6.07) is 10.8. The van der Waals surface area contributed by atoms with E-state index in [9.17, 15) is 24.5 Å². The molecule has 0 atom stereocenters. The van der Waals surface area contributed by atoms with Crippen LogP contribution >= 0.6 is 11.6 Å². The smallest absolute Gasteiger partial charge is 0.313 e. The zero-order chi connectivity index (χ0) is 21.1. The standard InChI is InChI=1S/C18H13ClN4O6/c19-13-7-10(8-14(23(27)28)16(13)29-9-15(20)24)6-12-17(25)21-22(18(12)26)11-4-2-1-3-5-11/h1-8H,9H2,(H2,20,24)(H,21,25). The molecule has 0 saturated carbocycles. The first-order chi connectivity index (χ1) is 13.8. The number of nitro benzene ring substituents is 1. The van der Waals surface area contributed by atoms with Gasteiger partial charge in [-0.2, -0.15) is 0 Å². The second-order valence-electron chi connectivity index (χ2n) is 5.84. The van der Waals surface area contributed by atoms with Crippen molar-refractivity contribution in [2.75, 3.05) is 11.6 Å². The molecule has 3 N–H and O–H groups in total. The number of hydrazine groups is 1. The van der Waals surface area contributed by atoms with Crippen LogP contribution in [0.15, 0.2) is 48.0 Å². The van der Waals surface area contributed by atoms with Crippen molar-refractivity contribution < 1.29 is 24.0 Å². The van der Waals surface area contributed by atoms with Crippen LogP contribution in [0.5, 0.6) is 5.75 Å². The number of anilines is 1. The minimum absolute atomic E-state index is 0.126. The van der Waals surface area contributed by atoms with Crippen LogP contribution in [0.4, 0.5) is 11.4 Å². The lowest BCUT2D eigenvalue weighted by Crippen LogP contribution is -2.35. The highest BCUT2D eigenvalue weighted by Gasteiger charge is 2.34. The molecule has 0 aliphatic carbocycles. The van der Waals surface area contributed by atoms with Gasteiger partial charge in [-0.15, -0.1) is 0 Å². The Hall–Kier alpha value is -3.92. The van der Waals surface area contributed by atoms with Gasteiger partial charge in [0.25, 0.3) is 17.7 Å². The third kappa shape index (κ3) is 4.17. The summed E-state index contributed by atoms with van der Waals surface area (Å²) in [5.41, 5.74) is 7.20. The molecular formula is C18H13ClN4O6. The number of rotatable bonds is 6. The van der Waals surface area contributed by atoms with E-state index in [1.165, 1.54) is 12.1 Å². The number of nitrogens with two attached hydrogens (primary N) is 1. The van der Waals surface area contributed by atoms with Crippen molar-refractivity contribution in [1.82, 2.24) is 5.43 Å². The molecule has 1 aliphatic heterocycles. The maximum absolute atomic E-state index is 12.6. The minimum atomic E-state index is -0.837. The lowest BCUT2D eigenvalue weighted by Gasteiger charge is -2.13. The zero-order valence-corrected chi connectivity index (χ0v) is 15.4. The molecule has 0 spiro atoms. The maximum atomic E-state index is 12.6. The molecule has 0 unspecified atom stereocenters. The Morgan fingerprint density at radius 3 is 2.59 bits per heavy atom. The summed E-state index contributed by atoms with van der Waals surface area (Å²) in [6.07, 6.45) is 1.18. The van der Waals surface area contributed by atoms with E-state index in [2.05, 4.69) is 5.43 Å². The lowest BCUT2D eigenvalue weighted by molar-refractivity contribution is -0.385. The number of ether oxygens (including phenoxy) is 1. The van der Waals surface area contributed by atoms with E-state index < -0.39 is 34.9 Å². The Bertz CT molecular complexity index is 1050. The van der Waals surface area contributed by atoms with Gasteiger partial charge in [0.1, 0.15) is 5.57 Å². The van der Waals surface area contributed by atoms with Crippen molar-refractivity contribution in [3.63, 3.8) is 0 Å². The van der Waals surface area contributed by atoms with E-state index in [4.69, 9.17) is 22.1 Å². The van der Waals surface area contributed by atoms with Crippen LogP contribution < -0.4 is 20.9 Å². The van der Waals surface area contributed by atoms with Crippen molar-refractivity contribution in [3.8, 4) is 5.75 Å². The van der Waals surface area contributed by atoms with E-state index in [1.807, 2.05) is 0 Å². The van der Waals surface area contributed by atoms with Gasteiger partial charge >= 0.3 is 5.69 Å². The zero-order valence-electron chi connectivity index (χ0n) is 14.6. The monoisotopic (exact) mass is 416 g/mol. The summed E-state index contributed by atoms with van der Waals surface area (Å²) in [5, 5.41) is 12.2. The molecule has 2 aromatic carbocycles. The van der Waals surface area contributed by atoms with Gasteiger partial charge in [0.2, 0.25) is 5.75 Å². The van der Waals surface area contributed by atoms with Gasteiger partial charge in [-0.3, -0.25) is 29.9 Å². The number of primary amides is 1. The van der Waals surface area contributed by atoms with Gasteiger partial charge in [-0.25, -0.2) is 5.01 Å². The fraction of sp³-hybridized carbons (Fsp3) is 0.0556. The normalized spacial score (nSPS) is 14.8. The molecule has 1 saturated heterocycles. The number of para-hydroxylation sites is 1. The highest BCUT2D eigenvalue weighted by Crippen LogP contribution is 2.37. The molecule has 2 aromatic rings. The second-order valence-corrected chi connectivity index (χ2v) is 6.25. The quantitative estimate of drug-likeness (QED) is 0.316. The molecule has 1 heterocycles. The highest BCUT2D eigenvalue weighted by atomic mass is 35.5. The van der Waals surface area contributed by atoms with Crippen molar-refractivity contribution in [2.45, 2.75) is 0 Å². The Morgan fingerprint density at radius 1 is 1.28 bits per heavy atom. The Balaban J connectivity index is 1.97. The predicted molar refractivity (Wildman–Crippen MR) is 103 cm³/mol. The van der Waals surface area contributed by atoms with E-state index in [-0.39, 0.29) is 21.9 Å². The Labute approximate surface area is 168 Å². The van der Waals surface area contributed by atoms with Crippen molar-refractivity contribution in [3.05, 3.63) is 68.7 Å². The molecule has 10 nitrogen and oxygen atoms in total. The number of amides is 3. The molecular weight excluding hydrogens is 404 g/mol. The molecule has 0 aromatic heterocycles. The average molecular weight is 417 g/mol. The topological polar surface area (TPSA) is 145 Å². The summed E-state index contributed by atoms with van der Waals surface area (Å²) < 4.78 is 5.01. The van der Waals surface area contributed by atoms with Crippen LogP contribution in [0.25, 0.3) is 6.08 Å². The van der Waals surface area contributed by atoms with Crippen molar-refractivity contribution >= 4 is 46.8 Å². The molecule has 148 valence electrons. The number of hydrogen-bond donors (Lipinski definition) is 2. The molecule has 3 amide bonds. The summed E-state index contributed by atoms with van der Waals surface area (Å²) in [4.78, 5) is 46.3. The van der Waals surface area contributed by atoms with Gasteiger partial charge in [0.15, 0.2) is 6.61 Å². The third-order valence-corrected chi connectivity index (χ3v) is 4.10. The molecule has 3 rings (SSSR count). The lowest BCUT2D eigenvalue weighted by atomic mass is 10.1. The third-order valence-electron chi connectivity index (χ3n) is 3.82. The number of carbonyl (C=O) groups is 3. The summed E-state index contributed by atoms with van der Waals surface area (Å²) in [5.74, 6) is -2.48. The van der Waals surface area contributed by atoms with Crippen LogP contribution in [0.1, 0.15) is 5.56 Å². The number of hydrogen-bond acceptors (Lipinski definition) is 6. The first-order valence-corrected chi connectivity index (χ1v) is 8.47. The number of carbonyl (C=O) groups excluding carboxylic acids is 3. The van der Waals surface area contributed by atoms with Crippen LogP contribution in [0, 0.1) is 10.1 Å². The summed E-state index contributed by atoms with van der Waals surface area (Å²) >= 11 is 6.04. The number of benzene rings is 2. The number of nitro groups is 1. The van der Waals surface area contributed by atoms with E-state index in [0.29, 0.717) is 5.69 Å². The second kappa shape index (κ2) is 7.98. The number of nitrogens with zero attached hydrogens (tertiary/aromatic N) is 2. The predicted octanol–water partition coefficient (Wildman–Crippen LogP) is 1.57. The first-order valence-electron chi connectivity index (χ1n) is 8.09.